The molecule has 54 heavy (non-hydrogen) atoms. The van der Waals surface area contributed by atoms with Gasteiger partial charge in [-0.1, -0.05) is 155 Å². The zero-order chi connectivity index (χ0) is 36.3. The summed E-state index contributed by atoms with van der Waals surface area (Å²) in [5.74, 6) is 0. The molecule has 0 atom stereocenters. The standard InChI is InChI=1S/C52H42N2/c1-51(2)30-31-52(3,4)47-43(51)29-28-42-46-40-24-11-10-23-39(40)45-41-25-12-13-27-44(41)53(49(45)50(46)54(48(42)47)35-19-6-5-7-20-35)36-21-14-18-34(32-36)38-26-15-17-33-16-8-9-22-37(33)38/h5-29,32H,30-31H2,1-4H3. The van der Waals surface area contributed by atoms with Crippen molar-refractivity contribution in [3.8, 4) is 22.5 Å². The SMILES string of the molecule is CC1(C)CCC(C)(C)c2c1ccc1c3c4ccccc4c4c5ccccc5n(-c5cccc(-c6cccc7ccccc67)c5)c4c3n(-c3ccccc3)c21. The number of rotatable bonds is 3. The van der Waals surface area contributed by atoms with Crippen molar-refractivity contribution in [2.24, 2.45) is 0 Å². The van der Waals surface area contributed by atoms with Gasteiger partial charge in [0.05, 0.1) is 22.1 Å². The predicted octanol–water partition coefficient (Wildman–Crippen LogP) is 14.2. The predicted molar refractivity (Wildman–Crippen MR) is 231 cm³/mol. The average Bonchev–Trinajstić information content (AvgIpc) is 3.74. The van der Waals surface area contributed by atoms with Gasteiger partial charge in [0.15, 0.2) is 0 Å². The highest BCUT2D eigenvalue weighted by molar-refractivity contribution is 6.36. The van der Waals surface area contributed by atoms with E-state index in [4.69, 9.17) is 0 Å². The Morgan fingerprint density at radius 1 is 0.426 bits per heavy atom. The first-order chi connectivity index (χ1) is 26.3. The molecule has 0 saturated carbocycles. The Kier molecular flexibility index (Phi) is 6.51. The van der Waals surface area contributed by atoms with Crippen LogP contribution in [0, 0.1) is 0 Å². The van der Waals surface area contributed by atoms with Crippen LogP contribution >= 0.6 is 0 Å². The van der Waals surface area contributed by atoms with Crippen molar-refractivity contribution in [2.75, 3.05) is 0 Å². The zero-order valence-electron chi connectivity index (χ0n) is 31.3. The van der Waals surface area contributed by atoms with Crippen molar-refractivity contribution >= 4 is 65.2 Å². The summed E-state index contributed by atoms with van der Waals surface area (Å²) in [6, 6.07) is 58.8. The molecule has 0 spiro atoms. The zero-order valence-corrected chi connectivity index (χ0v) is 31.3. The molecule has 0 radical (unpaired) electrons. The Hall–Kier alpha value is -6.12. The van der Waals surface area contributed by atoms with Crippen molar-refractivity contribution in [1.82, 2.24) is 9.13 Å². The monoisotopic (exact) mass is 694 g/mol. The molecule has 2 heterocycles. The van der Waals surface area contributed by atoms with Crippen LogP contribution in [0.5, 0.6) is 0 Å². The fourth-order valence-electron chi connectivity index (χ4n) is 10.1. The first-order valence-electron chi connectivity index (χ1n) is 19.4. The summed E-state index contributed by atoms with van der Waals surface area (Å²) < 4.78 is 5.21. The third-order valence-corrected chi connectivity index (χ3v) is 12.7. The summed E-state index contributed by atoms with van der Waals surface area (Å²) in [6.45, 7) is 9.82. The number of hydrogen-bond donors (Lipinski definition) is 0. The lowest BCUT2D eigenvalue weighted by atomic mass is 9.62. The second-order valence-corrected chi connectivity index (χ2v) is 16.7. The normalized spacial score (nSPS) is 15.2. The Morgan fingerprint density at radius 3 is 1.81 bits per heavy atom. The van der Waals surface area contributed by atoms with E-state index in [2.05, 4.69) is 195 Å². The molecule has 1 aliphatic carbocycles. The molecule has 0 saturated heterocycles. The van der Waals surface area contributed by atoms with E-state index in [9.17, 15) is 0 Å². The van der Waals surface area contributed by atoms with Gasteiger partial charge in [0.1, 0.15) is 0 Å². The summed E-state index contributed by atoms with van der Waals surface area (Å²) in [5.41, 5.74) is 13.0. The number of para-hydroxylation sites is 2. The third-order valence-electron chi connectivity index (χ3n) is 12.7. The average molecular weight is 695 g/mol. The van der Waals surface area contributed by atoms with Gasteiger partial charge in [-0.05, 0) is 97.8 Å². The van der Waals surface area contributed by atoms with Crippen molar-refractivity contribution in [3.63, 3.8) is 0 Å². The minimum Gasteiger partial charge on any atom is -0.307 e. The molecule has 1 aliphatic rings. The van der Waals surface area contributed by atoms with Gasteiger partial charge in [0, 0.05) is 32.9 Å². The maximum Gasteiger partial charge on any atom is 0.0795 e. The third kappa shape index (κ3) is 4.28. The molecule has 8 aromatic carbocycles. The van der Waals surface area contributed by atoms with E-state index in [0.29, 0.717) is 0 Å². The van der Waals surface area contributed by atoms with E-state index in [1.54, 1.807) is 0 Å². The highest BCUT2D eigenvalue weighted by Gasteiger charge is 2.40. The second kappa shape index (κ2) is 11.2. The van der Waals surface area contributed by atoms with Crippen LogP contribution in [0.1, 0.15) is 51.7 Å². The van der Waals surface area contributed by atoms with E-state index in [1.807, 2.05) is 0 Å². The lowest BCUT2D eigenvalue weighted by Crippen LogP contribution is -2.34. The van der Waals surface area contributed by atoms with Crippen molar-refractivity contribution in [1.29, 1.82) is 0 Å². The molecule has 0 N–H and O–H groups in total. The highest BCUT2D eigenvalue weighted by Crippen LogP contribution is 2.53. The molecule has 10 aromatic rings. The fourth-order valence-corrected chi connectivity index (χ4v) is 10.1. The Labute approximate surface area is 315 Å². The van der Waals surface area contributed by atoms with Gasteiger partial charge in [-0.15, -0.1) is 0 Å². The van der Waals surface area contributed by atoms with Gasteiger partial charge < -0.3 is 9.13 Å². The smallest absolute Gasteiger partial charge is 0.0795 e. The first kappa shape index (κ1) is 31.4. The summed E-state index contributed by atoms with van der Waals surface area (Å²) in [7, 11) is 0. The van der Waals surface area contributed by atoms with Gasteiger partial charge >= 0.3 is 0 Å². The van der Waals surface area contributed by atoms with Crippen LogP contribution < -0.4 is 0 Å². The highest BCUT2D eigenvalue weighted by atomic mass is 15.0. The molecule has 260 valence electrons. The Balaban J connectivity index is 1.39. The maximum atomic E-state index is 2.64. The fraction of sp³-hybridized carbons (Fsp3) is 0.154. The molecule has 2 heteroatoms. The molecular weight excluding hydrogens is 653 g/mol. The van der Waals surface area contributed by atoms with Crippen LogP contribution in [0.15, 0.2) is 158 Å². The topological polar surface area (TPSA) is 9.86 Å². The number of hydrogen-bond acceptors (Lipinski definition) is 0. The lowest BCUT2D eigenvalue weighted by Gasteiger charge is -2.42. The first-order valence-corrected chi connectivity index (χ1v) is 19.4. The summed E-state index contributed by atoms with van der Waals surface area (Å²) >= 11 is 0. The molecule has 0 bridgehead atoms. The van der Waals surface area contributed by atoms with E-state index < -0.39 is 0 Å². The summed E-state index contributed by atoms with van der Waals surface area (Å²) in [4.78, 5) is 0. The largest absolute Gasteiger partial charge is 0.307 e. The van der Waals surface area contributed by atoms with E-state index in [1.165, 1.54) is 99.5 Å². The minimum absolute atomic E-state index is 0.0136. The van der Waals surface area contributed by atoms with Crippen molar-refractivity contribution in [2.45, 2.75) is 51.4 Å². The lowest BCUT2D eigenvalue weighted by molar-refractivity contribution is 0.334. The molecular formula is C52H42N2. The van der Waals surface area contributed by atoms with Crippen LogP contribution in [-0.2, 0) is 10.8 Å². The van der Waals surface area contributed by atoms with Gasteiger partial charge in [-0.3, -0.25) is 0 Å². The number of nitrogens with zero attached hydrogens (tertiary/aromatic N) is 2. The van der Waals surface area contributed by atoms with Gasteiger partial charge in [0.25, 0.3) is 0 Å². The molecule has 2 nitrogen and oxygen atoms in total. The van der Waals surface area contributed by atoms with Crippen LogP contribution in [0.2, 0.25) is 0 Å². The Bertz CT molecular complexity index is 3150. The van der Waals surface area contributed by atoms with Crippen LogP contribution in [-0.4, -0.2) is 9.13 Å². The van der Waals surface area contributed by atoms with Crippen LogP contribution in [0.3, 0.4) is 0 Å². The molecule has 0 aliphatic heterocycles. The quantitative estimate of drug-likeness (QED) is 0.174. The van der Waals surface area contributed by atoms with Crippen molar-refractivity contribution < 1.29 is 0 Å². The van der Waals surface area contributed by atoms with Crippen molar-refractivity contribution in [3.05, 3.63) is 169 Å². The number of fused-ring (bicyclic) bond motifs is 13. The molecule has 11 rings (SSSR count). The van der Waals surface area contributed by atoms with Gasteiger partial charge in [0.2, 0.25) is 0 Å². The molecule has 0 unspecified atom stereocenters. The molecule has 0 fully saturated rings. The molecule has 0 amide bonds. The van der Waals surface area contributed by atoms with E-state index in [0.717, 1.165) is 12.1 Å². The van der Waals surface area contributed by atoms with E-state index >= 15 is 0 Å². The van der Waals surface area contributed by atoms with Crippen LogP contribution in [0.25, 0.3) is 87.7 Å². The Morgan fingerprint density at radius 2 is 1.02 bits per heavy atom. The van der Waals surface area contributed by atoms with Crippen LogP contribution in [0.4, 0.5) is 0 Å². The minimum atomic E-state index is 0.0136. The molecule has 2 aromatic heterocycles. The summed E-state index contributed by atoms with van der Waals surface area (Å²) in [5, 5.41) is 10.4. The number of benzene rings is 8. The second-order valence-electron chi connectivity index (χ2n) is 16.7. The summed E-state index contributed by atoms with van der Waals surface area (Å²) in [6.07, 6.45) is 2.33. The van der Waals surface area contributed by atoms with Gasteiger partial charge in [-0.2, -0.15) is 0 Å². The maximum absolute atomic E-state index is 2.64. The number of aromatic nitrogens is 2. The van der Waals surface area contributed by atoms with Gasteiger partial charge in [-0.25, -0.2) is 0 Å². The van der Waals surface area contributed by atoms with E-state index in [-0.39, 0.29) is 10.8 Å².